The Morgan fingerprint density at radius 1 is 0.867 bits per heavy atom. The van der Waals surface area contributed by atoms with Crippen LogP contribution in [0, 0.1) is 6.07 Å². The van der Waals surface area contributed by atoms with Crippen molar-refractivity contribution in [3.63, 3.8) is 0 Å². The summed E-state index contributed by atoms with van der Waals surface area (Å²) in [6, 6.07) is 20.3. The standard InChI is InChI=1S/C14H9S/c1-2-5-12-10-13(8-7-11(12)4-1)14-6-3-9-15-14/h1-9H. The average molecular weight is 209 g/mol. The number of fused-ring (bicyclic) bond motifs is 1. The minimum Gasteiger partial charge on any atom is -0.144 e. The zero-order valence-electron chi connectivity index (χ0n) is 8.10. The summed E-state index contributed by atoms with van der Waals surface area (Å²) in [6.45, 7) is 0. The lowest BCUT2D eigenvalue weighted by Gasteiger charge is -2.00. The van der Waals surface area contributed by atoms with Crippen LogP contribution in [-0.2, 0) is 0 Å². The molecule has 0 nitrogen and oxygen atoms in total. The number of hydrogen-bond acceptors (Lipinski definition) is 1. The molecule has 1 aromatic heterocycles. The molecular formula is C14H9S. The largest absolute Gasteiger partial charge is 0.144 e. The molecule has 3 aromatic rings. The van der Waals surface area contributed by atoms with Gasteiger partial charge in [-0.25, -0.2) is 0 Å². The van der Waals surface area contributed by atoms with Gasteiger partial charge in [0.25, 0.3) is 0 Å². The molecule has 0 aliphatic carbocycles. The van der Waals surface area contributed by atoms with Crippen LogP contribution < -0.4 is 0 Å². The van der Waals surface area contributed by atoms with Gasteiger partial charge in [-0.1, -0.05) is 42.5 Å². The Morgan fingerprint density at radius 3 is 2.67 bits per heavy atom. The average Bonchev–Trinajstić information content (AvgIpc) is 2.82. The molecule has 2 aromatic carbocycles. The van der Waals surface area contributed by atoms with Crippen LogP contribution in [0.25, 0.3) is 21.2 Å². The zero-order valence-corrected chi connectivity index (χ0v) is 8.92. The van der Waals surface area contributed by atoms with Gasteiger partial charge in [0.05, 0.1) is 0 Å². The number of rotatable bonds is 1. The van der Waals surface area contributed by atoms with E-state index in [4.69, 9.17) is 0 Å². The van der Waals surface area contributed by atoms with E-state index in [1.165, 1.54) is 21.2 Å². The predicted octanol–water partition coefficient (Wildman–Crippen LogP) is 4.37. The first-order chi connectivity index (χ1) is 7.43. The Hall–Kier alpha value is -1.60. The first kappa shape index (κ1) is 8.69. The van der Waals surface area contributed by atoms with E-state index in [0.717, 1.165) is 0 Å². The fourth-order valence-corrected chi connectivity index (χ4v) is 2.40. The lowest BCUT2D eigenvalue weighted by Crippen LogP contribution is -1.75. The highest BCUT2D eigenvalue weighted by atomic mass is 32.1. The number of benzene rings is 2. The molecule has 0 aliphatic heterocycles. The van der Waals surface area contributed by atoms with Crippen LogP contribution in [0.2, 0.25) is 0 Å². The minimum atomic E-state index is 1.18. The second-order valence-corrected chi connectivity index (χ2v) is 4.38. The molecule has 3 rings (SSSR count). The summed E-state index contributed by atoms with van der Waals surface area (Å²) in [6.07, 6.45) is 0. The molecule has 0 N–H and O–H groups in total. The molecule has 71 valence electrons. The molecule has 0 saturated carbocycles. The molecular weight excluding hydrogens is 200 g/mol. The highest BCUT2D eigenvalue weighted by molar-refractivity contribution is 7.13. The molecule has 0 unspecified atom stereocenters. The SMILES string of the molecule is [c]1c(-c2cccs2)ccc2ccccc12. The van der Waals surface area contributed by atoms with Crippen LogP contribution in [0.15, 0.2) is 53.9 Å². The van der Waals surface area contributed by atoms with Crippen LogP contribution in [-0.4, -0.2) is 0 Å². The van der Waals surface area contributed by atoms with E-state index in [9.17, 15) is 0 Å². The maximum absolute atomic E-state index is 3.44. The van der Waals surface area contributed by atoms with Crippen molar-refractivity contribution in [2.24, 2.45) is 0 Å². The predicted molar refractivity (Wildman–Crippen MR) is 66.1 cm³/mol. The van der Waals surface area contributed by atoms with Gasteiger partial charge in [-0.15, -0.1) is 11.3 Å². The second kappa shape index (κ2) is 3.52. The monoisotopic (exact) mass is 209 g/mol. The molecule has 0 saturated heterocycles. The summed E-state index contributed by atoms with van der Waals surface area (Å²) in [5.74, 6) is 0. The Morgan fingerprint density at radius 2 is 1.80 bits per heavy atom. The number of thiophene rings is 1. The van der Waals surface area contributed by atoms with Crippen LogP contribution >= 0.6 is 11.3 Å². The summed E-state index contributed by atoms with van der Waals surface area (Å²) in [4.78, 5) is 1.28. The molecule has 0 atom stereocenters. The maximum Gasteiger partial charge on any atom is 0.0349 e. The van der Waals surface area contributed by atoms with Crippen molar-refractivity contribution in [3.8, 4) is 10.4 Å². The summed E-state index contributed by atoms with van der Waals surface area (Å²) in [5.41, 5.74) is 1.18. The summed E-state index contributed by atoms with van der Waals surface area (Å²) in [5, 5.41) is 4.53. The van der Waals surface area contributed by atoms with Crippen LogP contribution in [0.3, 0.4) is 0 Å². The van der Waals surface area contributed by atoms with Gasteiger partial charge >= 0.3 is 0 Å². The van der Waals surface area contributed by atoms with Gasteiger partial charge in [0.15, 0.2) is 0 Å². The molecule has 1 heteroatoms. The lowest BCUT2D eigenvalue weighted by molar-refractivity contribution is 1.72. The molecule has 0 aliphatic rings. The highest BCUT2D eigenvalue weighted by Gasteiger charge is 1.99. The topological polar surface area (TPSA) is 0 Å². The molecule has 1 radical (unpaired) electrons. The quantitative estimate of drug-likeness (QED) is 0.558. The van der Waals surface area contributed by atoms with Crippen LogP contribution in [0.4, 0.5) is 0 Å². The van der Waals surface area contributed by atoms with Gasteiger partial charge in [0.1, 0.15) is 0 Å². The summed E-state index contributed by atoms with van der Waals surface area (Å²) in [7, 11) is 0. The van der Waals surface area contributed by atoms with E-state index >= 15 is 0 Å². The van der Waals surface area contributed by atoms with Crippen LogP contribution in [0.5, 0.6) is 0 Å². The third-order valence-corrected chi connectivity index (χ3v) is 3.35. The van der Waals surface area contributed by atoms with Gasteiger partial charge in [-0.05, 0) is 28.3 Å². The molecule has 1 heterocycles. The maximum atomic E-state index is 3.44. The van der Waals surface area contributed by atoms with E-state index in [1.807, 2.05) is 0 Å². The van der Waals surface area contributed by atoms with Crippen molar-refractivity contribution in [1.29, 1.82) is 0 Å². The molecule has 0 amide bonds. The van der Waals surface area contributed by atoms with E-state index < -0.39 is 0 Å². The molecule has 0 spiro atoms. The Balaban J connectivity index is 2.22. The van der Waals surface area contributed by atoms with Gasteiger partial charge in [-0.2, -0.15) is 0 Å². The first-order valence-corrected chi connectivity index (χ1v) is 5.76. The van der Waals surface area contributed by atoms with Crippen molar-refractivity contribution in [3.05, 3.63) is 60.0 Å². The zero-order chi connectivity index (χ0) is 10.1. The highest BCUT2D eigenvalue weighted by Crippen LogP contribution is 2.27. The number of hydrogen-bond donors (Lipinski definition) is 0. The van der Waals surface area contributed by atoms with E-state index in [2.05, 4.69) is 60.0 Å². The smallest absolute Gasteiger partial charge is 0.0349 e. The summed E-state index contributed by atoms with van der Waals surface area (Å²) < 4.78 is 0. The Bertz CT molecular complexity index is 579. The van der Waals surface area contributed by atoms with Gasteiger partial charge in [-0.3, -0.25) is 0 Å². The normalized spacial score (nSPS) is 10.7. The van der Waals surface area contributed by atoms with Crippen molar-refractivity contribution in [2.45, 2.75) is 0 Å². The minimum absolute atomic E-state index is 1.18. The molecule has 0 fully saturated rings. The van der Waals surface area contributed by atoms with Crippen molar-refractivity contribution >= 4 is 22.1 Å². The van der Waals surface area contributed by atoms with E-state index in [-0.39, 0.29) is 0 Å². The lowest BCUT2D eigenvalue weighted by atomic mass is 10.1. The fourth-order valence-electron chi connectivity index (χ4n) is 1.69. The van der Waals surface area contributed by atoms with Gasteiger partial charge in [0, 0.05) is 10.4 Å². The molecule has 0 bridgehead atoms. The van der Waals surface area contributed by atoms with Crippen molar-refractivity contribution < 1.29 is 0 Å². The van der Waals surface area contributed by atoms with Crippen molar-refractivity contribution in [2.75, 3.05) is 0 Å². The third-order valence-electron chi connectivity index (χ3n) is 2.45. The first-order valence-electron chi connectivity index (χ1n) is 4.88. The fraction of sp³-hybridized carbons (Fsp3) is 0. The van der Waals surface area contributed by atoms with Gasteiger partial charge in [0.2, 0.25) is 0 Å². The van der Waals surface area contributed by atoms with E-state index in [0.29, 0.717) is 0 Å². The summed E-state index contributed by atoms with van der Waals surface area (Å²) >= 11 is 1.75. The van der Waals surface area contributed by atoms with E-state index in [1.54, 1.807) is 11.3 Å². The van der Waals surface area contributed by atoms with Gasteiger partial charge < -0.3 is 0 Å². The molecule has 15 heavy (non-hydrogen) atoms. The third kappa shape index (κ3) is 1.55. The Labute approximate surface area is 92.8 Å². The Kier molecular flexibility index (Phi) is 2.04. The van der Waals surface area contributed by atoms with Crippen LogP contribution in [0.1, 0.15) is 0 Å². The van der Waals surface area contributed by atoms with Crippen molar-refractivity contribution in [1.82, 2.24) is 0 Å². The second-order valence-electron chi connectivity index (χ2n) is 3.44.